The van der Waals surface area contributed by atoms with Crippen LogP contribution in [0.2, 0.25) is 10.0 Å². The minimum absolute atomic E-state index is 0.101. The Morgan fingerprint density at radius 3 is 2.44 bits per heavy atom. The molecule has 3 aromatic heterocycles. The number of hydrogen-bond acceptors (Lipinski definition) is 8. The summed E-state index contributed by atoms with van der Waals surface area (Å²) >= 11 is 12.2. The maximum atomic E-state index is 14.6. The van der Waals surface area contributed by atoms with Crippen molar-refractivity contribution in [2.45, 2.75) is 71.1 Å². The van der Waals surface area contributed by atoms with Crippen molar-refractivity contribution in [2.24, 2.45) is 5.92 Å². The fourth-order valence-electron chi connectivity index (χ4n) is 5.17. The van der Waals surface area contributed by atoms with Gasteiger partial charge in [0.15, 0.2) is 17.5 Å². The molecular weight excluding hydrogens is 678 g/mol. The molecule has 5 rings (SSSR count). The first kappa shape index (κ1) is 34.9. The molecule has 1 aliphatic heterocycles. The summed E-state index contributed by atoms with van der Waals surface area (Å²) in [4.78, 5) is 49.3. The van der Waals surface area contributed by atoms with E-state index in [2.05, 4.69) is 20.2 Å². The number of halogens is 5. The van der Waals surface area contributed by atoms with Crippen LogP contribution in [0.5, 0.6) is 0 Å². The van der Waals surface area contributed by atoms with Crippen LogP contribution in [-0.2, 0) is 22.6 Å². The molecule has 0 saturated carbocycles. The lowest BCUT2D eigenvalue weighted by atomic mass is 10.1. The Bertz CT molecular complexity index is 1850. The van der Waals surface area contributed by atoms with Gasteiger partial charge in [-0.15, -0.1) is 10.2 Å². The highest BCUT2D eigenvalue weighted by atomic mass is 35.5. The summed E-state index contributed by atoms with van der Waals surface area (Å²) in [5, 5.41) is 11.3. The lowest BCUT2D eigenvalue weighted by molar-refractivity contribution is -0.165. The van der Waals surface area contributed by atoms with Crippen LogP contribution in [0, 0.1) is 5.92 Å². The molecule has 2 amide bonds. The van der Waals surface area contributed by atoms with Gasteiger partial charge >= 0.3 is 18.0 Å². The van der Waals surface area contributed by atoms with Crippen LogP contribution < -0.4 is 11.0 Å². The Balaban J connectivity index is 1.45. The summed E-state index contributed by atoms with van der Waals surface area (Å²) in [7, 11) is 0. The van der Waals surface area contributed by atoms with Crippen LogP contribution in [0.1, 0.15) is 39.9 Å². The molecule has 3 atom stereocenters. The highest BCUT2D eigenvalue weighted by molar-refractivity contribution is 6.32. The number of nitrogens with zero attached hydrogens (tertiary/aromatic N) is 8. The fraction of sp³-hybridized carbons (Fsp3) is 0.433. The number of carbonyl (C=O) groups is 2. The van der Waals surface area contributed by atoms with Gasteiger partial charge in [-0.05, 0) is 69.5 Å². The molecule has 48 heavy (non-hydrogen) atoms. The van der Waals surface area contributed by atoms with Crippen molar-refractivity contribution in [3.05, 3.63) is 75.3 Å². The predicted molar refractivity (Wildman–Crippen MR) is 169 cm³/mol. The van der Waals surface area contributed by atoms with Crippen molar-refractivity contribution in [3.63, 3.8) is 0 Å². The SMILES string of the molecule is C[C@@H]1C[C@H](C(=O)NC(Cn2c(-c3ccc(Cl)cc3)nn(Cc3ncn(-c4ncccc4Cl)n3)c2=O)C(F)(F)F)N(C(=O)OC(C)(C)C)C1. The van der Waals surface area contributed by atoms with E-state index in [0.29, 0.717) is 15.6 Å². The van der Waals surface area contributed by atoms with Gasteiger partial charge in [-0.1, -0.05) is 30.1 Å². The van der Waals surface area contributed by atoms with Crippen LogP contribution in [0.15, 0.2) is 53.7 Å². The molecule has 4 aromatic rings. The van der Waals surface area contributed by atoms with Crippen LogP contribution in [0.4, 0.5) is 18.0 Å². The monoisotopic (exact) mass is 709 g/mol. The minimum Gasteiger partial charge on any atom is -0.444 e. The quantitative estimate of drug-likeness (QED) is 0.277. The van der Waals surface area contributed by atoms with E-state index in [0.717, 1.165) is 14.1 Å². The second-order valence-electron chi connectivity index (χ2n) is 12.4. The van der Waals surface area contributed by atoms with E-state index in [4.69, 9.17) is 27.9 Å². The van der Waals surface area contributed by atoms with E-state index in [1.807, 2.05) is 5.32 Å². The number of benzene rings is 1. The normalized spacial score (nSPS) is 17.4. The van der Waals surface area contributed by atoms with Crippen molar-refractivity contribution in [2.75, 3.05) is 6.54 Å². The zero-order valence-corrected chi connectivity index (χ0v) is 27.8. The highest BCUT2D eigenvalue weighted by Gasteiger charge is 2.46. The third kappa shape index (κ3) is 7.98. The van der Waals surface area contributed by atoms with E-state index in [-0.39, 0.29) is 42.9 Å². The number of rotatable bonds is 8. The molecule has 1 aliphatic rings. The van der Waals surface area contributed by atoms with Gasteiger partial charge in [0.05, 0.1) is 11.6 Å². The lowest BCUT2D eigenvalue weighted by Crippen LogP contribution is -2.55. The lowest BCUT2D eigenvalue weighted by Gasteiger charge is -2.29. The van der Waals surface area contributed by atoms with Crippen LogP contribution in [-0.4, -0.2) is 81.4 Å². The summed E-state index contributed by atoms with van der Waals surface area (Å²) < 4.78 is 52.1. The van der Waals surface area contributed by atoms with Crippen molar-refractivity contribution in [1.82, 2.24) is 44.3 Å². The molecule has 0 bridgehead atoms. The predicted octanol–water partition coefficient (Wildman–Crippen LogP) is 4.74. The van der Waals surface area contributed by atoms with Crippen molar-refractivity contribution >= 4 is 35.2 Å². The third-order valence-corrected chi connectivity index (χ3v) is 7.88. The average Bonchev–Trinajstić information content (AvgIpc) is 3.70. The van der Waals surface area contributed by atoms with Gasteiger partial charge in [0.2, 0.25) is 5.91 Å². The number of amides is 2. The largest absolute Gasteiger partial charge is 0.444 e. The number of nitrogens with one attached hydrogen (secondary N) is 1. The molecule has 1 saturated heterocycles. The van der Waals surface area contributed by atoms with Crippen LogP contribution >= 0.6 is 23.2 Å². The summed E-state index contributed by atoms with van der Waals surface area (Å²) in [6, 6.07) is 5.52. The number of carbonyl (C=O) groups excluding carboxylic acids is 2. The second kappa shape index (κ2) is 13.6. The first-order valence-electron chi connectivity index (χ1n) is 14.8. The summed E-state index contributed by atoms with van der Waals surface area (Å²) in [6.07, 6.45) is -2.83. The maximum Gasteiger partial charge on any atom is 0.410 e. The zero-order chi connectivity index (χ0) is 35.0. The van der Waals surface area contributed by atoms with Crippen LogP contribution in [0.3, 0.4) is 0 Å². The Hall–Kier alpha value is -4.44. The molecular formula is C30H32Cl2F3N9O4. The molecule has 1 fully saturated rings. The zero-order valence-electron chi connectivity index (χ0n) is 26.3. The third-order valence-electron chi connectivity index (χ3n) is 7.33. The van der Waals surface area contributed by atoms with Gasteiger partial charge in [-0.3, -0.25) is 14.3 Å². The second-order valence-corrected chi connectivity index (χ2v) is 13.2. The molecule has 1 unspecified atom stereocenters. The number of ether oxygens (including phenoxy) is 1. The maximum absolute atomic E-state index is 14.6. The Morgan fingerprint density at radius 2 is 1.79 bits per heavy atom. The van der Waals surface area contributed by atoms with Crippen molar-refractivity contribution < 1.29 is 27.5 Å². The van der Waals surface area contributed by atoms with E-state index < -0.39 is 48.1 Å². The Morgan fingerprint density at radius 1 is 1.08 bits per heavy atom. The summed E-state index contributed by atoms with van der Waals surface area (Å²) in [5.74, 6) is -0.922. The first-order chi connectivity index (χ1) is 22.5. The van der Waals surface area contributed by atoms with Gasteiger partial charge in [-0.2, -0.15) is 13.2 Å². The number of pyridine rings is 1. The molecule has 1 N–H and O–H groups in total. The molecule has 0 spiro atoms. The number of hydrogen-bond donors (Lipinski definition) is 1. The average molecular weight is 711 g/mol. The van der Waals surface area contributed by atoms with E-state index >= 15 is 0 Å². The van der Waals surface area contributed by atoms with Crippen LogP contribution in [0.25, 0.3) is 17.2 Å². The molecule has 13 nitrogen and oxygen atoms in total. The first-order valence-corrected chi connectivity index (χ1v) is 15.6. The van der Waals surface area contributed by atoms with Gasteiger partial charge in [-0.25, -0.2) is 28.9 Å². The fourth-order valence-corrected chi connectivity index (χ4v) is 5.51. The highest BCUT2D eigenvalue weighted by Crippen LogP contribution is 2.28. The van der Waals surface area contributed by atoms with Gasteiger partial charge in [0, 0.05) is 23.3 Å². The summed E-state index contributed by atoms with van der Waals surface area (Å²) in [6.45, 7) is 5.52. The van der Waals surface area contributed by atoms with E-state index in [1.54, 1.807) is 39.8 Å². The standard InChI is InChI=1S/C30H32Cl2F3N9O4/c1-17-12-21(41(13-17)28(47)48-29(2,3)4)26(45)38-22(30(33,34)35)14-42-24(18-7-9-19(31)10-8-18)40-43(27(42)46)15-23-37-16-44(39-23)25-20(32)6-5-11-36-25/h5-11,16-17,21-22H,12-15H2,1-4H3,(H,38,45)/t17-,21-,22?/m1/s1. The van der Waals surface area contributed by atoms with Crippen molar-refractivity contribution in [1.29, 1.82) is 0 Å². The van der Waals surface area contributed by atoms with E-state index in [1.165, 1.54) is 41.5 Å². The number of aromatic nitrogens is 7. The molecule has 0 radical (unpaired) electrons. The van der Waals surface area contributed by atoms with E-state index in [9.17, 15) is 27.6 Å². The van der Waals surface area contributed by atoms with Crippen molar-refractivity contribution in [3.8, 4) is 17.2 Å². The Kier molecular flexibility index (Phi) is 9.87. The molecule has 256 valence electrons. The summed E-state index contributed by atoms with van der Waals surface area (Å²) in [5.41, 5.74) is -1.50. The molecule has 0 aliphatic carbocycles. The van der Waals surface area contributed by atoms with Gasteiger partial charge < -0.3 is 10.1 Å². The van der Waals surface area contributed by atoms with Gasteiger partial charge in [0.25, 0.3) is 0 Å². The molecule has 4 heterocycles. The topological polar surface area (TPSA) is 142 Å². The van der Waals surface area contributed by atoms with Gasteiger partial charge in [0.1, 0.15) is 30.6 Å². The number of alkyl halides is 3. The molecule has 1 aromatic carbocycles. The smallest absolute Gasteiger partial charge is 0.410 e. The Labute approximate surface area is 282 Å². The minimum atomic E-state index is -4.99. The number of likely N-dealkylation sites (tertiary alicyclic amines) is 1. The molecule has 18 heteroatoms.